The number of carbonyl (C=O) groups excluding carboxylic acids is 2. The number of nitrogens with one attached hydrogen (secondary N) is 4. The van der Waals surface area contributed by atoms with Gasteiger partial charge in [-0.05, 0) is 24.3 Å². The molecule has 6 N–H and O–H groups in total. The number of imidazole rings is 2. The second-order valence-corrected chi connectivity index (χ2v) is 16.8. The minimum absolute atomic E-state index is 0.000553. The second-order valence-electron chi connectivity index (χ2n) is 13.7. The highest BCUT2D eigenvalue weighted by atomic mass is 31.2. The number of halogens is 2. The third-order valence-electron chi connectivity index (χ3n) is 9.85. The molecule has 6 aromatic rings. The Labute approximate surface area is 335 Å². The van der Waals surface area contributed by atoms with E-state index < -0.39 is 89.6 Å². The summed E-state index contributed by atoms with van der Waals surface area (Å²) in [7, 11) is -9.96. The Hall–Kier alpha value is -5.52. The Morgan fingerprint density at radius 2 is 1.05 bits per heavy atom. The zero-order chi connectivity index (χ0) is 41.8. The molecule has 0 spiro atoms. The van der Waals surface area contributed by atoms with Gasteiger partial charge in [-0.1, -0.05) is 36.4 Å². The van der Waals surface area contributed by atoms with Gasteiger partial charge in [-0.2, -0.15) is 0 Å². The van der Waals surface area contributed by atoms with E-state index in [0.717, 1.165) is 34.4 Å². The van der Waals surface area contributed by atoms with E-state index in [0.29, 0.717) is 11.1 Å². The maximum Gasteiger partial charge on any atom is 0.403 e. The van der Waals surface area contributed by atoms with Crippen molar-refractivity contribution in [2.45, 2.75) is 49.2 Å². The fraction of sp³-hybridized carbons (Fsp3) is 0.294. The highest BCUT2D eigenvalue weighted by molar-refractivity contribution is 7.50. The summed E-state index contributed by atoms with van der Waals surface area (Å²) in [5.41, 5.74) is 0.791. The standard InChI is InChI=1S/C34H32F2N12O10P2/c35-21-25-19(55-33(21)47-15-41-23-27(37-13-39-29(23)47)45-31(49)17-7-3-1-4-8-17)11-43-60(53,54)58-26-20(12-44-59(51,52)57-25)56-34(22(26)36)48-16-42-24-28(38-14-40-30(24)48)46-32(50)18-9-5-2-6-10-18/h1-10,13-16,19-22,25-26,33-34H,11-12H2,(H2,43,53,54)(H2,44,51,52)(H,37,39,45,49)(H,38,40,46,50)/t19-,20-,21-,22-,25-,26-,33?,34?/m1/s1. The maximum absolute atomic E-state index is 16.4. The van der Waals surface area contributed by atoms with Crippen molar-refractivity contribution in [2.75, 3.05) is 23.7 Å². The smallest absolute Gasteiger partial charge is 0.347 e. The summed E-state index contributed by atoms with van der Waals surface area (Å²) in [5.74, 6) is -1.00. The van der Waals surface area contributed by atoms with E-state index in [2.05, 4.69) is 50.7 Å². The Morgan fingerprint density at radius 3 is 1.45 bits per heavy atom. The number of nitrogens with zero attached hydrogens (tertiary/aromatic N) is 8. The van der Waals surface area contributed by atoms with Gasteiger partial charge in [-0.15, -0.1) is 0 Å². The first-order chi connectivity index (χ1) is 28.9. The highest BCUT2D eigenvalue weighted by Gasteiger charge is 2.54. The number of fused-ring (bicyclic) bond motifs is 4. The van der Waals surface area contributed by atoms with Gasteiger partial charge in [0.25, 0.3) is 11.8 Å². The van der Waals surface area contributed by atoms with Gasteiger partial charge in [0.2, 0.25) is 0 Å². The van der Waals surface area contributed by atoms with E-state index in [4.69, 9.17) is 18.5 Å². The number of amides is 2. The number of ether oxygens (including phenoxy) is 2. The Bertz CT molecular complexity index is 2500. The number of hydrogen-bond donors (Lipinski definition) is 6. The van der Waals surface area contributed by atoms with Crippen LogP contribution in [0.2, 0.25) is 0 Å². The lowest BCUT2D eigenvalue weighted by atomic mass is 10.1. The molecule has 3 aliphatic heterocycles. The Kier molecular flexibility index (Phi) is 10.5. The van der Waals surface area contributed by atoms with Crippen LogP contribution in [0.3, 0.4) is 0 Å². The van der Waals surface area contributed by atoms with Crippen molar-refractivity contribution in [3.05, 3.63) is 97.1 Å². The number of alkyl halides is 2. The number of anilines is 2. The zero-order valence-corrected chi connectivity index (χ0v) is 32.3. The van der Waals surface area contributed by atoms with Crippen LogP contribution in [-0.4, -0.2) is 110 Å². The predicted octanol–water partition coefficient (Wildman–Crippen LogP) is 2.81. The molecule has 7 heterocycles. The van der Waals surface area contributed by atoms with E-state index in [1.807, 2.05) is 0 Å². The van der Waals surface area contributed by atoms with Crippen LogP contribution >= 0.6 is 15.5 Å². The van der Waals surface area contributed by atoms with Gasteiger partial charge in [0, 0.05) is 24.2 Å². The summed E-state index contributed by atoms with van der Waals surface area (Å²) in [6.07, 6.45) is -9.91. The summed E-state index contributed by atoms with van der Waals surface area (Å²) in [4.78, 5) is 72.5. The van der Waals surface area contributed by atoms with Crippen LogP contribution in [0.15, 0.2) is 86.0 Å². The maximum atomic E-state index is 16.4. The lowest BCUT2D eigenvalue weighted by molar-refractivity contribution is -0.0243. The van der Waals surface area contributed by atoms with Crippen molar-refractivity contribution >= 4 is 61.3 Å². The van der Waals surface area contributed by atoms with Crippen LogP contribution in [0.4, 0.5) is 20.4 Å². The fourth-order valence-electron chi connectivity index (χ4n) is 7.03. The molecule has 4 unspecified atom stereocenters. The topological polar surface area (TPSA) is 281 Å². The van der Waals surface area contributed by atoms with Crippen LogP contribution in [0, 0.1) is 0 Å². The first-order valence-corrected chi connectivity index (χ1v) is 21.2. The molecule has 0 radical (unpaired) electrons. The normalized spacial score (nSPS) is 30.9. The molecule has 60 heavy (non-hydrogen) atoms. The number of aromatic nitrogens is 8. The quantitative estimate of drug-likeness (QED) is 0.131. The van der Waals surface area contributed by atoms with Crippen LogP contribution in [0.5, 0.6) is 0 Å². The third-order valence-corrected chi connectivity index (χ3v) is 12.1. The van der Waals surface area contributed by atoms with E-state index in [1.54, 1.807) is 60.7 Å². The van der Waals surface area contributed by atoms with Crippen molar-refractivity contribution in [1.82, 2.24) is 49.2 Å². The highest BCUT2D eigenvalue weighted by Crippen LogP contribution is 2.50. The lowest BCUT2D eigenvalue weighted by Gasteiger charge is -2.28. The van der Waals surface area contributed by atoms with E-state index in [9.17, 15) is 28.5 Å². The number of benzene rings is 2. The molecular weight excluding hydrogens is 836 g/mol. The summed E-state index contributed by atoms with van der Waals surface area (Å²) < 4.78 is 84.7. The number of rotatable bonds is 6. The minimum Gasteiger partial charge on any atom is -0.347 e. The van der Waals surface area contributed by atoms with Gasteiger partial charge < -0.3 is 29.9 Å². The van der Waals surface area contributed by atoms with Crippen LogP contribution in [0.25, 0.3) is 22.3 Å². The molecular formula is C34H32F2N12O10P2. The zero-order valence-electron chi connectivity index (χ0n) is 30.5. The van der Waals surface area contributed by atoms with E-state index in [1.165, 1.54) is 0 Å². The average molecular weight is 869 g/mol. The van der Waals surface area contributed by atoms with Gasteiger partial charge in [0.05, 0.1) is 12.7 Å². The van der Waals surface area contributed by atoms with Crippen LogP contribution < -0.4 is 20.8 Å². The summed E-state index contributed by atoms with van der Waals surface area (Å²) >= 11 is 0. The van der Waals surface area contributed by atoms with Crippen molar-refractivity contribution in [1.29, 1.82) is 0 Å². The first kappa shape index (κ1) is 39.9. The molecule has 4 aromatic heterocycles. The van der Waals surface area contributed by atoms with E-state index >= 15 is 8.78 Å². The van der Waals surface area contributed by atoms with Crippen molar-refractivity contribution in [2.24, 2.45) is 0 Å². The van der Waals surface area contributed by atoms with Gasteiger partial charge in [-0.25, -0.2) is 58.0 Å². The molecule has 22 nitrogen and oxygen atoms in total. The largest absolute Gasteiger partial charge is 0.403 e. The minimum atomic E-state index is -4.98. The summed E-state index contributed by atoms with van der Waals surface area (Å²) in [5, 5.41) is 9.71. The number of carbonyl (C=O) groups is 2. The Balaban J connectivity index is 0.938. The average Bonchev–Trinajstić information content (AvgIpc) is 4.01. The summed E-state index contributed by atoms with van der Waals surface area (Å²) in [6, 6.07) is 16.5. The molecule has 9 rings (SSSR count). The molecule has 26 heteroatoms. The molecule has 2 amide bonds. The molecule has 2 aromatic carbocycles. The molecule has 10 atom stereocenters. The second kappa shape index (κ2) is 15.8. The van der Waals surface area contributed by atoms with Crippen LogP contribution in [0.1, 0.15) is 33.2 Å². The summed E-state index contributed by atoms with van der Waals surface area (Å²) in [6.45, 7) is -1.40. The van der Waals surface area contributed by atoms with Gasteiger partial charge >= 0.3 is 15.5 Å². The van der Waals surface area contributed by atoms with Gasteiger partial charge in [0.1, 0.15) is 37.1 Å². The molecule has 0 bridgehead atoms. The van der Waals surface area contributed by atoms with Crippen molar-refractivity contribution in [3.8, 4) is 0 Å². The Morgan fingerprint density at radius 1 is 0.650 bits per heavy atom. The molecule has 3 saturated heterocycles. The van der Waals surface area contributed by atoms with Crippen molar-refractivity contribution < 1.29 is 55.8 Å². The molecule has 3 fully saturated rings. The molecule has 0 aliphatic carbocycles. The van der Waals surface area contributed by atoms with E-state index in [-0.39, 0.29) is 34.0 Å². The van der Waals surface area contributed by atoms with Crippen molar-refractivity contribution in [3.63, 3.8) is 0 Å². The van der Waals surface area contributed by atoms with Gasteiger partial charge in [-0.3, -0.25) is 27.8 Å². The fourth-order valence-corrected chi connectivity index (χ4v) is 9.16. The molecule has 3 aliphatic rings. The van der Waals surface area contributed by atoms with Crippen LogP contribution in [-0.2, 0) is 27.7 Å². The molecule has 0 saturated carbocycles. The predicted molar refractivity (Wildman–Crippen MR) is 202 cm³/mol. The first-order valence-electron chi connectivity index (χ1n) is 18.1. The van der Waals surface area contributed by atoms with Gasteiger partial charge in [0.15, 0.2) is 58.8 Å². The monoisotopic (exact) mass is 868 g/mol. The molecule has 312 valence electrons. The lowest BCUT2D eigenvalue weighted by Crippen LogP contribution is -2.43. The SMILES string of the molecule is O=C(Nc1ncnc2c1ncn2C1O[C@@H]2CNP(=O)(O)O[C@@H]3[C@@H](CNP(=O)(O)O[C@H]2[C@H]1F)OC(n1cnc2c(NC(=O)c4ccccc4)ncnc21)[C@@H]3F)c1ccccc1. The number of hydrogen-bond acceptors (Lipinski definition) is 14. The third kappa shape index (κ3) is 7.69.